The Morgan fingerprint density at radius 1 is 1.48 bits per heavy atom. The summed E-state index contributed by atoms with van der Waals surface area (Å²) < 4.78 is 0. The zero-order valence-electron chi connectivity index (χ0n) is 12.5. The molecule has 0 fully saturated rings. The molecule has 2 N–H and O–H groups in total. The molecule has 116 valence electrons. The summed E-state index contributed by atoms with van der Waals surface area (Å²) >= 11 is 1.75. The summed E-state index contributed by atoms with van der Waals surface area (Å²) in [5.41, 5.74) is 0.769. The van der Waals surface area contributed by atoms with Crippen molar-refractivity contribution in [3.8, 4) is 0 Å². The minimum absolute atomic E-state index is 0.0237. The molecule has 0 aliphatic carbocycles. The summed E-state index contributed by atoms with van der Waals surface area (Å²) in [6, 6.07) is 4.36. The number of nitro benzene ring substituents is 1. The lowest BCUT2D eigenvalue weighted by atomic mass is 10.1. The molecule has 1 rings (SSSR count). The van der Waals surface area contributed by atoms with Crippen LogP contribution in [-0.4, -0.2) is 35.4 Å². The third-order valence-electron chi connectivity index (χ3n) is 3.06. The Hall–Kier alpha value is -1.76. The number of nitrogens with zero attached hydrogens (tertiary/aromatic N) is 1. The molecule has 0 spiro atoms. The molecule has 1 aromatic rings. The Bertz CT molecular complexity index is 508. The Balaban J connectivity index is 2.76. The Morgan fingerprint density at radius 3 is 2.76 bits per heavy atom. The molecule has 1 amide bonds. The average Bonchev–Trinajstić information content (AvgIpc) is 2.46. The van der Waals surface area contributed by atoms with Gasteiger partial charge in [-0.1, -0.05) is 6.92 Å². The maximum Gasteiger partial charge on any atom is 0.292 e. The molecule has 0 radical (unpaired) electrons. The third-order valence-corrected chi connectivity index (χ3v) is 4.10. The molecular formula is C14H21N3O3S. The van der Waals surface area contributed by atoms with Crippen LogP contribution >= 0.6 is 11.8 Å². The number of amides is 1. The van der Waals surface area contributed by atoms with E-state index < -0.39 is 4.92 Å². The van der Waals surface area contributed by atoms with Crippen LogP contribution in [0.5, 0.6) is 0 Å². The SMILES string of the molecule is CCNc1cc(C(=O)NCCC(C)SC)ccc1[N+](=O)[O-]. The second-order valence-electron chi connectivity index (χ2n) is 4.61. The molecule has 21 heavy (non-hydrogen) atoms. The molecule has 0 aromatic heterocycles. The molecule has 0 heterocycles. The average molecular weight is 311 g/mol. The predicted molar refractivity (Wildman–Crippen MR) is 87.2 cm³/mol. The van der Waals surface area contributed by atoms with Crippen molar-refractivity contribution in [1.82, 2.24) is 5.32 Å². The zero-order valence-corrected chi connectivity index (χ0v) is 13.3. The molecule has 0 saturated carbocycles. The van der Waals surface area contributed by atoms with Gasteiger partial charge in [-0.05, 0) is 31.7 Å². The highest BCUT2D eigenvalue weighted by Crippen LogP contribution is 2.25. The molecule has 1 atom stereocenters. The predicted octanol–water partition coefficient (Wildman–Crippen LogP) is 2.90. The van der Waals surface area contributed by atoms with Gasteiger partial charge in [0.2, 0.25) is 0 Å². The van der Waals surface area contributed by atoms with Crippen LogP contribution in [0.15, 0.2) is 18.2 Å². The number of hydrogen-bond donors (Lipinski definition) is 2. The monoisotopic (exact) mass is 311 g/mol. The van der Waals surface area contributed by atoms with E-state index in [0.29, 0.717) is 29.6 Å². The minimum atomic E-state index is -0.459. The minimum Gasteiger partial charge on any atom is -0.380 e. The highest BCUT2D eigenvalue weighted by Gasteiger charge is 2.16. The van der Waals surface area contributed by atoms with Crippen LogP contribution in [0, 0.1) is 10.1 Å². The normalized spacial score (nSPS) is 11.8. The lowest BCUT2D eigenvalue weighted by molar-refractivity contribution is -0.384. The van der Waals surface area contributed by atoms with E-state index >= 15 is 0 Å². The first kappa shape index (κ1) is 17.3. The van der Waals surface area contributed by atoms with Crippen LogP contribution in [0.3, 0.4) is 0 Å². The number of nitro groups is 1. The van der Waals surface area contributed by atoms with Crippen LogP contribution in [-0.2, 0) is 0 Å². The molecule has 1 unspecified atom stereocenters. The molecule has 1 aromatic carbocycles. The van der Waals surface area contributed by atoms with Crippen LogP contribution in [0.4, 0.5) is 11.4 Å². The fourth-order valence-electron chi connectivity index (χ4n) is 1.78. The fraction of sp³-hybridized carbons (Fsp3) is 0.500. The van der Waals surface area contributed by atoms with Crippen molar-refractivity contribution < 1.29 is 9.72 Å². The molecule has 0 bridgehead atoms. The smallest absolute Gasteiger partial charge is 0.292 e. The Kier molecular flexibility index (Phi) is 7.01. The summed E-state index contributed by atoms with van der Waals surface area (Å²) in [5.74, 6) is -0.211. The first-order valence-corrected chi connectivity index (χ1v) is 8.11. The van der Waals surface area contributed by atoms with Crippen molar-refractivity contribution in [2.24, 2.45) is 0 Å². The van der Waals surface area contributed by atoms with Crippen LogP contribution in [0.25, 0.3) is 0 Å². The van der Waals surface area contributed by atoms with Crippen molar-refractivity contribution in [2.75, 3.05) is 24.7 Å². The topological polar surface area (TPSA) is 84.3 Å². The van der Waals surface area contributed by atoms with Gasteiger partial charge in [0, 0.05) is 30.0 Å². The number of hydrogen-bond acceptors (Lipinski definition) is 5. The number of thioether (sulfide) groups is 1. The van der Waals surface area contributed by atoms with E-state index in [1.54, 1.807) is 11.8 Å². The van der Waals surface area contributed by atoms with Gasteiger partial charge in [-0.3, -0.25) is 14.9 Å². The van der Waals surface area contributed by atoms with Gasteiger partial charge in [0.05, 0.1) is 4.92 Å². The molecule has 0 aliphatic rings. The summed E-state index contributed by atoms with van der Waals surface area (Å²) in [6.45, 7) is 5.10. The maximum absolute atomic E-state index is 12.0. The summed E-state index contributed by atoms with van der Waals surface area (Å²) in [7, 11) is 0. The van der Waals surface area contributed by atoms with Crippen LogP contribution < -0.4 is 10.6 Å². The van der Waals surface area contributed by atoms with E-state index in [2.05, 4.69) is 17.6 Å². The first-order valence-electron chi connectivity index (χ1n) is 6.82. The second kappa shape index (κ2) is 8.51. The summed E-state index contributed by atoms with van der Waals surface area (Å²) in [5, 5.41) is 17.1. The van der Waals surface area contributed by atoms with Crippen molar-refractivity contribution in [3.63, 3.8) is 0 Å². The van der Waals surface area contributed by atoms with Gasteiger partial charge in [-0.2, -0.15) is 11.8 Å². The van der Waals surface area contributed by atoms with E-state index in [-0.39, 0.29) is 11.6 Å². The zero-order chi connectivity index (χ0) is 15.8. The highest BCUT2D eigenvalue weighted by molar-refractivity contribution is 7.99. The van der Waals surface area contributed by atoms with Gasteiger partial charge in [-0.15, -0.1) is 0 Å². The molecular weight excluding hydrogens is 290 g/mol. The Morgan fingerprint density at radius 2 is 2.19 bits per heavy atom. The van der Waals surface area contributed by atoms with Crippen molar-refractivity contribution in [2.45, 2.75) is 25.5 Å². The van der Waals surface area contributed by atoms with Crippen LogP contribution in [0.2, 0.25) is 0 Å². The third kappa shape index (κ3) is 5.26. The quantitative estimate of drug-likeness (QED) is 0.569. The number of benzene rings is 1. The summed E-state index contributed by atoms with van der Waals surface area (Å²) in [6.07, 6.45) is 2.92. The van der Waals surface area contributed by atoms with Gasteiger partial charge < -0.3 is 10.6 Å². The van der Waals surface area contributed by atoms with Crippen molar-refractivity contribution >= 4 is 29.0 Å². The van der Waals surface area contributed by atoms with Gasteiger partial charge >= 0.3 is 0 Å². The van der Waals surface area contributed by atoms with Crippen molar-refractivity contribution in [3.05, 3.63) is 33.9 Å². The lowest BCUT2D eigenvalue weighted by Crippen LogP contribution is -2.26. The van der Waals surface area contributed by atoms with Gasteiger partial charge in [0.1, 0.15) is 5.69 Å². The van der Waals surface area contributed by atoms with Gasteiger partial charge in [0.25, 0.3) is 11.6 Å². The molecule has 0 aliphatic heterocycles. The van der Waals surface area contributed by atoms with Crippen molar-refractivity contribution in [1.29, 1.82) is 0 Å². The van der Waals surface area contributed by atoms with E-state index in [1.165, 1.54) is 18.2 Å². The van der Waals surface area contributed by atoms with Gasteiger partial charge in [0.15, 0.2) is 0 Å². The summed E-state index contributed by atoms with van der Waals surface area (Å²) in [4.78, 5) is 22.5. The molecule has 6 nitrogen and oxygen atoms in total. The number of carbonyl (C=O) groups excluding carboxylic acids is 1. The van der Waals surface area contributed by atoms with Gasteiger partial charge in [-0.25, -0.2) is 0 Å². The number of rotatable bonds is 8. The Labute approximate surface area is 128 Å². The standard InChI is InChI=1S/C14H21N3O3S/c1-4-15-12-9-11(5-6-13(12)17(19)20)14(18)16-8-7-10(2)21-3/h5-6,9-10,15H,4,7-8H2,1-3H3,(H,16,18). The van der Waals surface area contributed by atoms with Crippen LogP contribution in [0.1, 0.15) is 30.6 Å². The number of nitrogens with one attached hydrogen (secondary N) is 2. The lowest BCUT2D eigenvalue weighted by Gasteiger charge is -2.10. The number of carbonyl (C=O) groups is 1. The van der Waals surface area contributed by atoms with E-state index in [0.717, 1.165) is 6.42 Å². The highest BCUT2D eigenvalue weighted by atomic mass is 32.2. The largest absolute Gasteiger partial charge is 0.380 e. The molecule has 0 saturated heterocycles. The van der Waals surface area contributed by atoms with E-state index in [9.17, 15) is 14.9 Å². The fourth-order valence-corrected chi connectivity index (χ4v) is 2.13. The molecule has 7 heteroatoms. The second-order valence-corrected chi connectivity index (χ2v) is 5.89. The number of anilines is 1. The first-order chi connectivity index (χ1) is 9.99. The maximum atomic E-state index is 12.0. The van der Waals surface area contributed by atoms with E-state index in [1.807, 2.05) is 13.2 Å². The van der Waals surface area contributed by atoms with E-state index in [4.69, 9.17) is 0 Å².